The first-order chi connectivity index (χ1) is 9.46. The average molecular weight is 300 g/mol. The minimum Gasteiger partial charge on any atom is -0.394 e. The summed E-state index contributed by atoms with van der Waals surface area (Å²) in [6, 6.07) is 1.70. The third-order valence-electron chi connectivity index (χ3n) is 3.65. The number of hydrogen-bond acceptors (Lipinski definition) is 6. The third-order valence-corrected chi connectivity index (χ3v) is 3.95. The molecule has 0 aromatic carbocycles. The van der Waals surface area contributed by atoms with E-state index in [4.69, 9.17) is 16.3 Å². The highest BCUT2D eigenvalue weighted by molar-refractivity contribution is 6.33. The second kappa shape index (κ2) is 4.64. The van der Waals surface area contributed by atoms with E-state index < -0.39 is 24.0 Å². The molecule has 0 spiro atoms. The molecule has 0 radical (unpaired) electrons. The summed E-state index contributed by atoms with van der Waals surface area (Å²) in [6.07, 6.45) is 0.0249. The smallest absolute Gasteiger partial charge is 0.167 e. The molecule has 3 N–H and O–H groups in total. The van der Waals surface area contributed by atoms with E-state index in [1.165, 1.54) is 13.3 Å². The number of fused-ring (bicyclic) bond motifs is 1. The van der Waals surface area contributed by atoms with Crippen LogP contribution in [0.15, 0.2) is 18.6 Å². The zero-order valence-corrected chi connectivity index (χ0v) is 11.4. The summed E-state index contributed by atoms with van der Waals surface area (Å²) in [6.45, 7) is 1.06. The Bertz CT molecular complexity index is 645. The van der Waals surface area contributed by atoms with Gasteiger partial charge in [-0.2, -0.15) is 0 Å². The Kier molecular flexibility index (Phi) is 3.19. The first-order valence-electron chi connectivity index (χ1n) is 6.10. The molecule has 1 unspecified atom stereocenters. The number of hydrogen-bond donors (Lipinski definition) is 3. The molecule has 1 aliphatic rings. The van der Waals surface area contributed by atoms with E-state index in [1.54, 1.807) is 16.8 Å². The summed E-state index contributed by atoms with van der Waals surface area (Å²) in [5.74, 6) is 0. The van der Waals surface area contributed by atoms with Gasteiger partial charge in [-0.25, -0.2) is 9.97 Å². The van der Waals surface area contributed by atoms with Crippen molar-refractivity contribution < 1.29 is 20.1 Å². The van der Waals surface area contributed by atoms with E-state index in [-0.39, 0.29) is 6.61 Å². The lowest BCUT2D eigenvalue weighted by atomic mass is 9.96. The fourth-order valence-corrected chi connectivity index (χ4v) is 2.71. The van der Waals surface area contributed by atoms with Gasteiger partial charge in [-0.15, -0.1) is 0 Å². The Morgan fingerprint density at radius 3 is 2.90 bits per heavy atom. The van der Waals surface area contributed by atoms with Gasteiger partial charge in [-0.05, 0) is 13.0 Å². The molecule has 3 rings (SSSR count). The predicted molar refractivity (Wildman–Crippen MR) is 70.2 cm³/mol. The number of aliphatic hydroxyl groups is 3. The summed E-state index contributed by atoms with van der Waals surface area (Å²) in [5, 5.41) is 30.6. The molecule has 0 amide bonds. The van der Waals surface area contributed by atoms with Crippen LogP contribution in [-0.2, 0) is 4.74 Å². The SMILES string of the molecule is CC1(O)[C@H](O)[C@@H](CO)O[C@H]1n1ccc2c(Cl)ncnc21. The molecule has 1 fully saturated rings. The molecule has 0 aliphatic carbocycles. The van der Waals surface area contributed by atoms with Gasteiger partial charge in [0, 0.05) is 6.20 Å². The Morgan fingerprint density at radius 1 is 1.50 bits per heavy atom. The van der Waals surface area contributed by atoms with Gasteiger partial charge in [0.1, 0.15) is 34.9 Å². The molecule has 8 heteroatoms. The van der Waals surface area contributed by atoms with E-state index in [2.05, 4.69) is 9.97 Å². The maximum absolute atomic E-state index is 10.4. The van der Waals surface area contributed by atoms with Crippen molar-refractivity contribution in [2.75, 3.05) is 6.61 Å². The second-order valence-corrected chi connectivity index (χ2v) is 5.36. The van der Waals surface area contributed by atoms with Crippen molar-refractivity contribution in [1.82, 2.24) is 14.5 Å². The number of rotatable bonds is 2. The zero-order valence-electron chi connectivity index (χ0n) is 10.6. The first-order valence-corrected chi connectivity index (χ1v) is 6.48. The van der Waals surface area contributed by atoms with Crippen LogP contribution in [0.4, 0.5) is 0 Å². The van der Waals surface area contributed by atoms with Gasteiger partial charge in [0.15, 0.2) is 6.23 Å². The molecule has 20 heavy (non-hydrogen) atoms. The zero-order chi connectivity index (χ0) is 14.5. The highest BCUT2D eigenvalue weighted by Gasteiger charge is 2.53. The summed E-state index contributed by atoms with van der Waals surface area (Å²) >= 11 is 5.98. The number of ether oxygens (including phenoxy) is 1. The van der Waals surface area contributed by atoms with Crippen LogP contribution in [-0.4, -0.2) is 54.3 Å². The largest absolute Gasteiger partial charge is 0.394 e. The molecule has 2 aromatic rings. The van der Waals surface area contributed by atoms with E-state index >= 15 is 0 Å². The lowest BCUT2D eigenvalue weighted by Gasteiger charge is -2.27. The van der Waals surface area contributed by atoms with E-state index in [0.717, 1.165) is 0 Å². The maximum atomic E-state index is 10.4. The average Bonchev–Trinajstić information content (AvgIpc) is 2.92. The molecule has 1 aliphatic heterocycles. The highest BCUT2D eigenvalue weighted by Crippen LogP contribution is 2.39. The topological polar surface area (TPSA) is 101 Å². The number of aromatic nitrogens is 3. The molecule has 0 saturated carbocycles. The first kappa shape index (κ1) is 13.7. The third kappa shape index (κ3) is 1.82. The summed E-state index contributed by atoms with van der Waals surface area (Å²) in [5.41, 5.74) is -1.07. The van der Waals surface area contributed by atoms with Gasteiger partial charge in [0.25, 0.3) is 0 Å². The van der Waals surface area contributed by atoms with Crippen molar-refractivity contribution in [2.24, 2.45) is 0 Å². The van der Waals surface area contributed by atoms with Gasteiger partial charge >= 0.3 is 0 Å². The minimum absolute atomic E-state index is 0.297. The van der Waals surface area contributed by atoms with E-state index in [1.807, 2.05) is 0 Å². The molecule has 7 nitrogen and oxygen atoms in total. The van der Waals surface area contributed by atoms with Crippen LogP contribution in [0, 0.1) is 0 Å². The Hall–Kier alpha value is -1.25. The normalized spacial score (nSPS) is 34.0. The van der Waals surface area contributed by atoms with Gasteiger partial charge in [-0.3, -0.25) is 0 Å². The quantitative estimate of drug-likeness (QED) is 0.679. The van der Waals surface area contributed by atoms with E-state index in [0.29, 0.717) is 16.2 Å². The van der Waals surface area contributed by atoms with Crippen molar-refractivity contribution in [3.8, 4) is 0 Å². The number of aliphatic hydroxyl groups excluding tert-OH is 2. The molecule has 0 bridgehead atoms. The Balaban J connectivity index is 2.10. The predicted octanol–water partition coefficient (Wildman–Crippen LogP) is 0.0863. The summed E-state index contributed by atoms with van der Waals surface area (Å²) < 4.78 is 7.11. The summed E-state index contributed by atoms with van der Waals surface area (Å²) in [4.78, 5) is 8.00. The molecular weight excluding hydrogens is 286 g/mol. The van der Waals surface area contributed by atoms with Crippen LogP contribution in [0.2, 0.25) is 5.15 Å². The van der Waals surface area contributed by atoms with Crippen molar-refractivity contribution in [3.63, 3.8) is 0 Å². The van der Waals surface area contributed by atoms with Crippen molar-refractivity contribution >= 4 is 22.6 Å². The number of halogens is 1. The van der Waals surface area contributed by atoms with Crippen LogP contribution >= 0.6 is 11.6 Å². The lowest BCUT2D eigenvalue weighted by molar-refractivity contribution is -0.0948. The molecular formula is C12H14ClN3O4. The van der Waals surface area contributed by atoms with Crippen molar-refractivity contribution in [3.05, 3.63) is 23.7 Å². The Labute approximate surface area is 119 Å². The number of nitrogens with zero attached hydrogens (tertiary/aromatic N) is 3. The van der Waals surface area contributed by atoms with Crippen molar-refractivity contribution in [1.29, 1.82) is 0 Å². The summed E-state index contributed by atoms with van der Waals surface area (Å²) in [7, 11) is 0. The highest BCUT2D eigenvalue weighted by atomic mass is 35.5. The van der Waals surface area contributed by atoms with Crippen LogP contribution in [0.1, 0.15) is 13.2 Å². The Morgan fingerprint density at radius 2 is 2.25 bits per heavy atom. The lowest BCUT2D eigenvalue weighted by Crippen LogP contribution is -2.44. The van der Waals surface area contributed by atoms with Gasteiger partial charge < -0.3 is 24.6 Å². The standard InChI is InChI=1S/C12H14ClN3O4/c1-12(19)8(18)7(4-17)20-11(12)16-3-2-6-9(13)14-5-15-10(6)16/h2-3,5,7-8,11,17-19H,4H2,1H3/t7-,8-,11-,12?/m1/s1. The van der Waals surface area contributed by atoms with Gasteiger partial charge in [0.2, 0.25) is 0 Å². The molecule has 4 atom stereocenters. The fourth-order valence-electron chi connectivity index (χ4n) is 2.52. The molecule has 2 aromatic heterocycles. The molecule has 3 heterocycles. The monoisotopic (exact) mass is 299 g/mol. The van der Waals surface area contributed by atoms with Crippen LogP contribution in [0.25, 0.3) is 11.0 Å². The fraction of sp³-hybridized carbons (Fsp3) is 0.500. The van der Waals surface area contributed by atoms with Crippen LogP contribution < -0.4 is 0 Å². The van der Waals surface area contributed by atoms with Crippen LogP contribution in [0.5, 0.6) is 0 Å². The molecule has 108 valence electrons. The van der Waals surface area contributed by atoms with Gasteiger partial charge in [0.05, 0.1) is 12.0 Å². The maximum Gasteiger partial charge on any atom is 0.167 e. The van der Waals surface area contributed by atoms with Gasteiger partial charge in [-0.1, -0.05) is 11.6 Å². The van der Waals surface area contributed by atoms with Crippen LogP contribution in [0.3, 0.4) is 0 Å². The molecule has 1 saturated heterocycles. The van der Waals surface area contributed by atoms with Crippen molar-refractivity contribution in [2.45, 2.75) is 31.0 Å². The minimum atomic E-state index is -1.56. The van der Waals surface area contributed by atoms with E-state index in [9.17, 15) is 15.3 Å². The second-order valence-electron chi connectivity index (χ2n) is 5.00.